The molecule has 0 radical (unpaired) electrons. The lowest BCUT2D eigenvalue weighted by molar-refractivity contribution is -0.113. The van der Waals surface area contributed by atoms with Gasteiger partial charge in [0, 0.05) is 29.2 Å². The fourth-order valence-corrected chi connectivity index (χ4v) is 3.86. The van der Waals surface area contributed by atoms with Crippen molar-refractivity contribution in [1.82, 2.24) is 19.5 Å². The van der Waals surface area contributed by atoms with E-state index in [0.717, 1.165) is 11.1 Å². The van der Waals surface area contributed by atoms with Gasteiger partial charge in [0.1, 0.15) is 0 Å². The van der Waals surface area contributed by atoms with Gasteiger partial charge in [0.05, 0.1) is 5.75 Å². The standard InChI is InChI=1S/C23H21N5O2S/c1-16-7-5-9-19(13-16)22-25-26-23(28(22)27-11-3-4-12-27)31-15-21(30)24-20-10-6-8-18(14-20)17(2)29/h3-14H,15H2,1-2H3,(H,24,30). The lowest BCUT2D eigenvalue weighted by atomic mass is 10.1. The lowest BCUT2D eigenvalue weighted by Gasteiger charge is -2.11. The SMILES string of the molecule is CC(=O)c1cccc(NC(=O)CSc2nnc(-c3cccc(C)c3)n2-n2cccc2)c1. The van der Waals surface area contributed by atoms with Gasteiger partial charge in [-0.05, 0) is 44.2 Å². The number of hydrogen-bond acceptors (Lipinski definition) is 5. The number of amides is 1. The van der Waals surface area contributed by atoms with Crippen LogP contribution in [0.15, 0.2) is 78.2 Å². The number of thioether (sulfide) groups is 1. The Morgan fingerprint density at radius 2 is 1.77 bits per heavy atom. The van der Waals surface area contributed by atoms with Crippen molar-refractivity contribution in [1.29, 1.82) is 0 Å². The van der Waals surface area contributed by atoms with Crippen LogP contribution in [0.1, 0.15) is 22.8 Å². The molecule has 1 N–H and O–H groups in total. The third-order valence-corrected chi connectivity index (χ3v) is 5.51. The number of ketones is 1. The number of hydrogen-bond donors (Lipinski definition) is 1. The first kappa shape index (κ1) is 20.6. The van der Waals surface area contributed by atoms with E-state index in [2.05, 4.69) is 15.5 Å². The molecule has 156 valence electrons. The summed E-state index contributed by atoms with van der Waals surface area (Å²) in [6, 6.07) is 18.8. The number of rotatable bonds is 7. The molecule has 0 bridgehead atoms. The van der Waals surface area contributed by atoms with Crippen LogP contribution >= 0.6 is 11.8 Å². The molecule has 2 heterocycles. The molecule has 0 atom stereocenters. The van der Waals surface area contributed by atoms with Gasteiger partial charge in [-0.1, -0.05) is 47.7 Å². The van der Waals surface area contributed by atoms with Crippen LogP contribution in [0.5, 0.6) is 0 Å². The van der Waals surface area contributed by atoms with Crippen LogP contribution in [-0.2, 0) is 4.79 Å². The van der Waals surface area contributed by atoms with Crippen molar-refractivity contribution in [3.05, 3.63) is 84.2 Å². The molecule has 0 saturated carbocycles. The molecule has 2 aromatic heterocycles. The quantitative estimate of drug-likeness (QED) is 0.349. The van der Waals surface area contributed by atoms with Crippen LogP contribution < -0.4 is 5.32 Å². The Morgan fingerprint density at radius 3 is 2.52 bits per heavy atom. The largest absolute Gasteiger partial charge is 0.325 e. The molecule has 31 heavy (non-hydrogen) atoms. The summed E-state index contributed by atoms with van der Waals surface area (Å²) in [4.78, 5) is 24.1. The summed E-state index contributed by atoms with van der Waals surface area (Å²) >= 11 is 1.29. The van der Waals surface area contributed by atoms with Crippen molar-refractivity contribution in [2.75, 3.05) is 11.1 Å². The highest BCUT2D eigenvalue weighted by Crippen LogP contribution is 2.25. The first-order valence-electron chi connectivity index (χ1n) is 9.71. The van der Waals surface area contributed by atoms with Crippen molar-refractivity contribution in [2.24, 2.45) is 0 Å². The minimum atomic E-state index is -0.190. The fraction of sp³-hybridized carbons (Fsp3) is 0.130. The number of nitrogens with one attached hydrogen (secondary N) is 1. The highest BCUT2D eigenvalue weighted by molar-refractivity contribution is 7.99. The van der Waals surface area contributed by atoms with Crippen LogP contribution in [-0.4, -0.2) is 37.0 Å². The summed E-state index contributed by atoms with van der Waals surface area (Å²) in [7, 11) is 0. The first-order chi connectivity index (χ1) is 15.0. The van der Waals surface area contributed by atoms with Crippen molar-refractivity contribution in [3.63, 3.8) is 0 Å². The third-order valence-electron chi connectivity index (χ3n) is 4.59. The average Bonchev–Trinajstić information content (AvgIpc) is 3.42. The fourth-order valence-electron chi connectivity index (χ4n) is 3.13. The summed E-state index contributed by atoms with van der Waals surface area (Å²) in [5.41, 5.74) is 3.21. The summed E-state index contributed by atoms with van der Waals surface area (Å²) < 4.78 is 3.76. The van der Waals surface area contributed by atoms with Gasteiger partial charge in [-0.3, -0.25) is 14.3 Å². The van der Waals surface area contributed by atoms with E-state index < -0.39 is 0 Å². The van der Waals surface area contributed by atoms with Crippen LogP contribution in [0.25, 0.3) is 11.4 Å². The van der Waals surface area contributed by atoms with E-state index in [4.69, 9.17) is 0 Å². The van der Waals surface area contributed by atoms with Crippen LogP contribution in [0.4, 0.5) is 5.69 Å². The number of anilines is 1. The van der Waals surface area contributed by atoms with Crippen LogP contribution in [0.3, 0.4) is 0 Å². The van der Waals surface area contributed by atoms with Crippen molar-refractivity contribution in [2.45, 2.75) is 19.0 Å². The molecule has 0 aliphatic rings. The Hall–Kier alpha value is -3.65. The normalized spacial score (nSPS) is 10.8. The Kier molecular flexibility index (Phi) is 5.99. The Bertz CT molecular complexity index is 1230. The van der Waals surface area contributed by atoms with E-state index >= 15 is 0 Å². The molecule has 2 aromatic carbocycles. The van der Waals surface area contributed by atoms with E-state index in [1.807, 2.05) is 65.1 Å². The van der Waals surface area contributed by atoms with Crippen molar-refractivity contribution in [3.8, 4) is 11.4 Å². The molecule has 0 saturated heterocycles. The third kappa shape index (κ3) is 4.75. The van der Waals surface area contributed by atoms with Gasteiger partial charge in [0.25, 0.3) is 0 Å². The summed E-state index contributed by atoms with van der Waals surface area (Å²) in [6.45, 7) is 3.53. The van der Waals surface area contributed by atoms with E-state index in [-0.39, 0.29) is 17.4 Å². The van der Waals surface area contributed by atoms with Crippen molar-refractivity contribution >= 4 is 29.1 Å². The number of carbonyl (C=O) groups excluding carboxylic acids is 2. The van der Waals surface area contributed by atoms with Gasteiger partial charge in [0.15, 0.2) is 11.6 Å². The predicted octanol–water partition coefficient (Wildman–Crippen LogP) is 4.30. The number of aromatic nitrogens is 4. The highest BCUT2D eigenvalue weighted by atomic mass is 32.2. The second-order valence-corrected chi connectivity index (χ2v) is 7.97. The maximum Gasteiger partial charge on any atom is 0.234 e. The number of nitrogens with zero attached hydrogens (tertiary/aromatic N) is 4. The first-order valence-corrected chi connectivity index (χ1v) is 10.7. The van der Waals surface area contributed by atoms with Gasteiger partial charge in [-0.15, -0.1) is 10.2 Å². The maximum atomic E-state index is 12.5. The molecule has 0 aliphatic heterocycles. The molecule has 4 aromatic rings. The number of aryl methyl sites for hydroxylation is 1. The lowest BCUT2D eigenvalue weighted by Crippen LogP contribution is -2.16. The average molecular weight is 432 g/mol. The molecule has 4 rings (SSSR count). The van der Waals surface area contributed by atoms with Gasteiger partial charge in [-0.25, -0.2) is 4.68 Å². The van der Waals surface area contributed by atoms with E-state index in [9.17, 15) is 9.59 Å². The van der Waals surface area contributed by atoms with E-state index in [1.54, 1.807) is 24.3 Å². The van der Waals surface area contributed by atoms with E-state index in [0.29, 0.717) is 22.2 Å². The Morgan fingerprint density at radius 1 is 1.00 bits per heavy atom. The molecule has 0 aliphatic carbocycles. The monoisotopic (exact) mass is 431 g/mol. The van der Waals surface area contributed by atoms with Crippen LogP contribution in [0, 0.1) is 6.92 Å². The topological polar surface area (TPSA) is 81.8 Å². The van der Waals surface area contributed by atoms with Gasteiger partial charge in [0.2, 0.25) is 11.1 Å². The summed E-state index contributed by atoms with van der Waals surface area (Å²) in [5.74, 6) is 0.605. The van der Waals surface area contributed by atoms with E-state index in [1.165, 1.54) is 18.7 Å². The second-order valence-electron chi connectivity index (χ2n) is 7.02. The minimum Gasteiger partial charge on any atom is -0.325 e. The molecule has 0 fully saturated rings. The highest BCUT2D eigenvalue weighted by Gasteiger charge is 2.17. The molecule has 0 spiro atoms. The summed E-state index contributed by atoms with van der Waals surface area (Å²) in [6.07, 6.45) is 3.81. The Balaban J connectivity index is 1.54. The molecule has 8 heteroatoms. The number of benzene rings is 2. The molecular weight excluding hydrogens is 410 g/mol. The smallest absolute Gasteiger partial charge is 0.234 e. The van der Waals surface area contributed by atoms with Gasteiger partial charge in [-0.2, -0.15) is 0 Å². The second kappa shape index (κ2) is 9.01. The zero-order valence-corrected chi connectivity index (χ0v) is 18.0. The zero-order valence-electron chi connectivity index (χ0n) is 17.1. The molecule has 7 nitrogen and oxygen atoms in total. The molecule has 0 unspecified atom stereocenters. The Labute approximate surface area is 184 Å². The molecule has 1 amide bonds. The zero-order chi connectivity index (χ0) is 21.8. The molecular formula is C23H21N5O2S. The van der Waals surface area contributed by atoms with Gasteiger partial charge >= 0.3 is 0 Å². The number of carbonyl (C=O) groups is 2. The van der Waals surface area contributed by atoms with Crippen LogP contribution in [0.2, 0.25) is 0 Å². The number of Topliss-reactive ketones (excluding diaryl/α,β-unsaturated/α-hetero) is 1. The van der Waals surface area contributed by atoms with Crippen molar-refractivity contribution < 1.29 is 9.59 Å². The van der Waals surface area contributed by atoms with Gasteiger partial charge < -0.3 is 5.32 Å². The minimum absolute atomic E-state index is 0.0472. The maximum absolute atomic E-state index is 12.5. The summed E-state index contributed by atoms with van der Waals surface area (Å²) in [5, 5.41) is 12.1. The predicted molar refractivity (Wildman–Crippen MR) is 121 cm³/mol.